The number of aromatic nitrogens is 1. The first kappa shape index (κ1) is 14.1. The van der Waals surface area contributed by atoms with Crippen LogP contribution in [0.4, 0.5) is 4.39 Å². The van der Waals surface area contributed by atoms with E-state index in [4.69, 9.17) is 0 Å². The number of nitrogens with zero attached hydrogens (tertiary/aromatic N) is 1. The van der Waals surface area contributed by atoms with Gasteiger partial charge >= 0.3 is 0 Å². The largest absolute Gasteiger partial charge is 0.351 e. The van der Waals surface area contributed by atoms with Gasteiger partial charge in [0.15, 0.2) is 0 Å². The van der Waals surface area contributed by atoms with Gasteiger partial charge in [0.05, 0.1) is 9.48 Å². The van der Waals surface area contributed by atoms with Gasteiger partial charge in [-0.3, -0.25) is 4.79 Å². The number of benzene rings is 1. The van der Waals surface area contributed by atoms with Crippen LogP contribution in [0.1, 0.15) is 28.2 Å². The fraction of sp³-hybridized carbons (Fsp3) is 0.231. The van der Waals surface area contributed by atoms with Gasteiger partial charge in [0, 0.05) is 29.6 Å². The molecule has 0 saturated heterocycles. The number of carbonyl (C=O) groups excluding carboxylic acids is 1. The topological polar surface area (TPSA) is 42.0 Å². The Morgan fingerprint density at radius 1 is 1.58 bits per heavy atom. The molecule has 2 rings (SSSR count). The summed E-state index contributed by atoms with van der Waals surface area (Å²) in [7, 11) is 0. The molecule has 2 aromatic rings. The summed E-state index contributed by atoms with van der Waals surface area (Å²) in [5, 5.41) is 5.71. The Labute approximate surface area is 123 Å². The molecule has 1 aromatic heterocycles. The lowest BCUT2D eigenvalue weighted by molar-refractivity contribution is 0.0951. The molecule has 1 unspecified atom stereocenters. The maximum Gasteiger partial charge on any atom is 0.251 e. The van der Waals surface area contributed by atoms with Crippen LogP contribution < -0.4 is 5.32 Å². The minimum absolute atomic E-state index is 0.160. The highest BCUT2D eigenvalue weighted by molar-refractivity contribution is 9.10. The monoisotopic (exact) mass is 342 g/mol. The average Bonchev–Trinajstić information content (AvgIpc) is 2.92. The molecule has 3 nitrogen and oxygen atoms in total. The standard InChI is InChI=1S/C13H12BrFN2OS/c1-8(13-16-4-5-19-13)7-17-12(18)9-2-3-11(15)10(14)6-9/h2-6,8H,7H2,1H3,(H,17,18). The SMILES string of the molecule is CC(CNC(=O)c1ccc(F)c(Br)c1)c1nccs1. The lowest BCUT2D eigenvalue weighted by Crippen LogP contribution is -2.27. The molecular weight excluding hydrogens is 331 g/mol. The van der Waals surface area contributed by atoms with Gasteiger partial charge in [-0.05, 0) is 34.1 Å². The van der Waals surface area contributed by atoms with E-state index in [9.17, 15) is 9.18 Å². The molecule has 0 aliphatic carbocycles. The minimum atomic E-state index is -0.382. The fourth-order valence-corrected chi connectivity index (χ4v) is 2.63. The summed E-state index contributed by atoms with van der Waals surface area (Å²) >= 11 is 4.63. The lowest BCUT2D eigenvalue weighted by atomic mass is 10.1. The van der Waals surface area contributed by atoms with Crippen LogP contribution in [-0.2, 0) is 0 Å². The van der Waals surface area contributed by atoms with Crippen molar-refractivity contribution >= 4 is 33.2 Å². The maximum absolute atomic E-state index is 13.1. The fourth-order valence-electron chi connectivity index (χ4n) is 1.55. The zero-order valence-corrected chi connectivity index (χ0v) is 12.6. The molecule has 0 radical (unpaired) electrons. The van der Waals surface area contributed by atoms with Crippen LogP contribution in [0.5, 0.6) is 0 Å². The quantitative estimate of drug-likeness (QED) is 0.922. The van der Waals surface area contributed by atoms with Gasteiger partial charge in [0.25, 0.3) is 5.91 Å². The number of hydrogen-bond donors (Lipinski definition) is 1. The van der Waals surface area contributed by atoms with Gasteiger partial charge in [-0.25, -0.2) is 9.37 Å². The maximum atomic E-state index is 13.1. The van der Waals surface area contributed by atoms with Crippen molar-refractivity contribution in [2.24, 2.45) is 0 Å². The number of amides is 1. The highest BCUT2D eigenvalue weighted by Crippen LogP contribution is 2.18. The number of carbonyl (C=O) groups is 1. The summed E-state index contributed by atoms with van der Waals surface area (Å²) < 4.78 is 13.4. The zero-order chi connectivity index (χ0) is 13.8. The van der Waals surface area contributed by atoms with Crippen molar-refractivity contribution in [2.75, 3.05) is 6.54 Å². The Bertz CT molecular complexity index is 574. The van der Waals surface area contributed by atoms with Crippen molar-refractivity contribution in [2.45, 2.75) is 12.8 Å². The van der Waals surface area contributed by atoms with E-state index in [0.717, 1.165) is 5.01 Å². The first-order valence-electron chi connectivity index (χ1n) is 5.70. The van der Waals surface area contributed by atoms with Crippen LogP contribution in [0.2, 0.25) is 0 Å². The molecule has 19 heavy (non-hydrogen) atoms. The second-order valence-electron chi connectivity index (χ2n) is 4.11. The van der Waals surface area contributed by atoms with Crippen molar-refractivity contribution in [3.63, 3.8) is 0 Å². The predicted molar refractivity (Wildman–Crippen MR) is 77.0 cm³/mol. The predicted octanol–water partition coefficient (Wildman–Crippen LogP) is 3.58. The summed E-state index contributed by atoms with van der Waals surface area (Å²) in [5.74, 6) is -0.440. The summed E-state index contributed by atoms with van der Waals surface area (Å²) in [5.41, 5.74) is 0.430. The van der Waals surface area contributed by atoms with Crippen LogP contribution in [0.25, 0.3) is 0 Å². The summed E-state index contributed by atoms with van der Waals surface area (Å²) in [6, 6.07) is 4.20. The molecule has 0 aliphatic heterocycles. The molecule has 0 saturated carbocycles. The Kier molecular flexibility index (Phi) is 4.66. The van der Waals surface area contributed by atoms with Crippen molar-refractivity contribution in [1.29, 1.82) is 0 Å². The van der Waals surface area contributed by atoms with Crippen molar-refractivity contribution in [3.8, 4) is 0 Å². The second-order valence-corrected chi connectivity index (χ2v) is 5.89. The van der Waals surface area contributed by atoms with Gasteiger partial charge in [-0.1, -0.05) is 6.92 Å². The number of hydrogen-bond acceptors (Lipinski definition) is 3. The summed E-state index contributed by atoms with van der Waals surface area (Å²) in [6.07, 6.45) is 1.75. The van der Waals surface area contributed by atoms with Gasteiger partial charge in [-0.2, -0.15) is 0 Å². The van der Waals surface area contributed by atoms with E-state index in [1.807, 2.05) is 12.3 Å². The molecule has 1 atom stereocenters. The minimum Gasteiger partial charge on any atom is -0.351 e. The third-order valence-electron chi connectivity index (χ3n) is 2.62. The van der Waals surface area contributed by atoms with Crippen LogP contribution in [0.3, 0.4) is 0 Å². The van der Waals surface area contributed by atoms with E-state index < -0.39 is 0 Å². The molecule has 0 fully saturated rings. The van der Waals surface area contributed by atoms with Crippen molar-refractivity contribution in [1.82, 2.24) is 10.3 Å². The van der Waals surface area contributed by atoms with E-state index in [-0.39, 0.29) is 22.1 Å². The van der Waals surface area contributed by atoms with Gasteiger partial charge in [0.2, 0.25) is 0 Å². The molecule has 0 bridgehead atoms. The molecule has 0 spiro atoms. The van der Waals surface area contributed by atoms with Crippen LogP contribution in [-0.4, -0.2) is 17.4 Å². The number of rotatable bonds is 4. The van der Waals surface area contributed by atoms with Gasteiger partial charge in [0.1, 0.15) is 5.82 Å². The molecule has 1 aromatic carbocycles. The highest BCUT2D eigenvalue weighted by atomic mass is 79.9. The third-order valence-corrected chi connectivity index (χ3v) is 4.24. The Balaban J connectivity index is 1.96. The molecule has 1 N–H and O–H groups in total. The Morgan fingerprint density at radius 2 is 2.37 bits per heavy atom. The van der Waals surface area contributed by atoms with E-state index in [1.54, 1.807) is 17.5 Å². The first-order valence-corrected chi connectivity index (χ1v) is 7.38. The van der Waals surface area contributed by atoms with E-state index in [2.05, 4.69) is 26.2 Å². The Morgan fingerprint density at radius 3 is 3.00 bits per heavy atom. The molecule has 1 heterocycles. The van der Waals surface area contributed by atoms with Crippen molar-refractivity contribution in [3.05, 3.63) is 50.6 Å². The number of thiazole rings is 1. The van der Waals surface area contributed by atoms with Crippen LogP contribution >= 0.6 is 27.3 Å². The average molecular weight is 343 g/mol. The van der Waals surface area contributed by atoms with E-state index >= 15 is 0 Å². The molecule has 1 amide bonds. The van der Waals surface area contributed by atoms with E-state index in [0.29, 0.717) is 12.1 Å². The Hall–Kier alpha value is -1.27. The lowest BCUT2D eigenvalue weighted by Gasteiger charge is -2.10. The first-order chi connectivity index (χ1) is 9.08. The molecule has 100 valence electrons. The van der Waals surface area contributed by atoms with Crippen LogP contribution in [0, 0.1) is 5.82 Å². The zero-order valence-electron chi connectivity index (χ0n) is 10.2. The second kappa shape index (κ2) is 6.25. The highest BCUT2D eigenvalue weighted by Gasteiger charge is 2.12. The molecular formula is C13H12BrFN2OS. The van der Waals surface area contributed by atoms with E-state index in [1.165, 1.54) is 18.2 Å². The van der Waals surface area contributed by atoms with Gasteiger partial charge in [-0.15, -0.1) is 11.3 Å². The number of halogens is 2. The third kappa shape index (κ3) is 3.61. The van der Waals surface area contributed by atoms with Crippen molar-refractivity contribution < 1.29 is 9.18 Å². The summed E-state index contributed by atoms with van der Waals surface area (Å²) in [4.78, 5) is 16.1. The molecule has 6 heteroatoms. The normalized spacial score (nSPS) is 12.2. The summed E-state index contributed by atoms with van der Waals surface area (Å²) in [6.45, 7) is 2.50. The molecule has 0 aliphatic rings. The smallest absolute Gasteiger partial charge is 0.251 e. The number of nitrogens with one attached hydrogen (secondary N) is 1. The van der Waals surface area contributed by atoms with Gasteiger partial charge < -0.3 is 5.32 Å². The van der Waals surface area contributed by atoms with Crippen LogP contribution in [0.15, 0.2) is 34.2 Å².